The molecule has 2 N–H and O–H groups in total. The lowest BCUT2D eigenvalue weighted by atomic mass is 10.1. The molecule has 130 valence electrons. The molecular formula is C18H17N7O. The van der Waals surface area contributed by atoms with E-state index in [9.17, 15) is 0 Å². The SMILES string of the molecule is c1nc(-c2n[nH]c3ccc(-c4cn[nH]c4)cc23)cc(N2CCOCC2)n1. The van der Waals surface area contributed by atoms with Gasteiger partial charge < -0.3 is 9.64 Å². The Morgan fingerprint density at radius 2 is 1.96 bits per heavy atom. The molecule has 26 heavy (non-hydrogen) atoms. The quantitative estimate of drug-likeness (QED) is 0.590. The van der Waals surface area contributed by atoms with Crippen molar-refractivity contribution >= 4 is 16.7 Å². The Morgan fingerprint density at radius 1 is 1.04 bits per heavy atom. The van der Waals surface area contributed by atoms with Gasteiger partial charge in [0.2, 0.25) is 0 Å². The van der Waals surface area contributed by atoms with Gasteiger partial charge in [0.25, 0.3) is 0 Å². The summed E-state index contributed by atoms with van der Waals surface area (Å²) in [4.78, 5) is 11.1. The number of hydrogen-bond donors (Lipinski definition) is 2. The average molecular weight is 347 g/mol. The van der Waals surface area contributed by atoms with E-state index in [2.05, 4.69) is 41.3 Å². The molecule has 1 aliphatic heterocycles. The van der Waals surface area contributed by atoms with Crippen molar-refractivity contribution in [3.8, 4) is 22.5 Å². The summed E-state index contributed by atoms with van der Waals surface area (Å²) in [5.41, 5.74) is 4.71. The molecule has 1 aliphatic rings. The van der Waals surface area contributed by atoms with Crippen LogP contribution in [0.1, 0.15) is 0 Å². The lowest BCUT2D eigenvalue weighted by molar-refractivity contribution is 0.122. The van der Waals surface area contributed by atoms with Gasteiger partial charge in [0.1, 0.15) is 17.8 Å². The summed E-state index contributed by atoms with van der Waals surface area (Å²) in [5.74, 6) is 0.903. The molecule has 8 heteroatoms. The van der Waals surface area contributed by atoms with Crippen LogP contribution >= 0.6 is 0 Å². The second kappa shape index (κ2) is 6.23. The molecule has 0 bridgehead atoms. The zero-order valence-corrected chi connectivity index (χ0v) is 14.0. The number of aromatic nitrogens is 6. The van der Waals surface area contributed by atoms with Crippen LogP contribution in [-0.2, 0) is 4.74 Å². The predicted octanol–water partition coefficient (Wildman–Crippen LogP) is 2.25. The van der Waals surface area contributed by atoms with Crippen molar-refractivity contribution in [3.63, 3.8) is 0 Å². The monoisotopic (exact) mass is 347 g/mol. The molecule has 0 amide bonds. The van der Waals surface area contributed by atoms with Crippen LogP contribution in [0.15, 0.2) is 43.0 Å². The number of benzene rings is 1. The number of fused-ring (bicyclic) bond motifs is 1. The van der Waals surface area contributed by atoms with Crippen molar-refractivity contribution in [3.05, 3.63) is 43.0 Å². The molecule has 0 spiro atoms. The maximum Gasteiger partial charge on any atom is 0.132 e. The summed E-state index contributed by atoms with van der Waals surface area (Å²) in [5, 5.41) is 15.5. The van der Waals surface area contributed by atoms with Crippen molar-refractivity contribution < 1.29 is 4.74 Å². The molecule has 1 saturated heterocycles. The molecule has 0 aliphatic carbocycles. The van der Waals surface area contributed by atoms with Crippen LogP contribution in [-0.4, -0.2) is 56.7 Å². The number of anilines is 1. The first kappa shape index (κ1) is 15.0. The summed E-state index contributed by atoms with van der Waals surface area (Å²) in [6.45, 7) is 3.11. The van der Waals surface area contributed by atoms with E-state index < -0.39 is 0 Å². The molecule has 0 radical (unpaired) electrons. The number of rotatable bonds is 3. The molecule has 5 rings (SSSR count). The second-order valence-electron chi connectivity index (χ2n) is 6.18. The van der Waals surface area contributed by atoms with E-state index in [1.807, 2.05) is 30.6 Å². The number of hydrogen-bond acceptors (Lipinski definition) is 6. The highest BCUT2D eigenvalue weighted by Gasteiger charge is 2.16. The third-order valence-electron chi connectivity index (χ3n) is 4.62. The Balaban J connectivity index is 1.57. The number of nitrogens with zero attached hydrogens (tertiary/aromatic N) is 5. The topological polar surface area (TPSA) is 95.6 Å². The molecule has 0 atom stereocenters. The second-order valence-corrected chi connectivity index (χ2v) is 6.18. The average Bonchev–Trinajstić information content (AvgIpc) is 3.38. The van der Waals surface area contributed by atoms with Crippen LogP contribution in [0, 0.1) is 0 Å². The first-order chi connectivity index (χ1) is 12.9. The largest absolute Gasteiger partial charge is 0.378 e. The summed E-state index contributed by atoms with van der Waals surface area (Å²) < 4.78 is 5.42. The van der Waals surface area contributed by atoms with E-state index in [0.717, 1.165) is 65.5 Å². The van der Waals surface area contributed by atoms with Crippen LogP contribution in [0.4, 0.5) is 5.82 Å². The van der Waals surface area contributed by atoms with Crippen LogP contribution in [0.5, 0.6) is 0 Å². The van der Waals surface area contributed by atoms with E-state index in [0.29, 0.717) is 0 Å². The fourth-order valence-electron chi connectivity index (χ4n) is 3.24. The summed E-state index contributed by atoms with van der Waals surface area (Å²) in [6, 6.07) is 8.17. The minimum atomic E-state index is 0.721. The van der Waals surface area contributed by atoms with Crippen molar-refractivity contribution in [2.75, 3.05) is 31.2 Å². The minimum absolute atomic E-state index is 0.721. The van der Waals surface area contributed by atoms with Gasteiger partial charge in [-0.25, -0.2) is 9.97 Å². The molecule has 4 aromatic rings. The van der Waals surface area contributed by atoms with Gasteiger partial charge in [-0.1, -0.05) is 6.07 Å². The van der Waals surface area contributed by atoms with E-state index in [1.165, 1.54) is 0 Å². The summed E-state index contributed by atoms with van der Waals surface area (Å²) in [6.07, 6.45) is 5.28. The Labute approximate surface area is 149 Å². The fraction of sp³-hybridized carbons (Fsp3) is 0.222. The Kier molecular flexibility index (Phi) is 3.60. The fourth-order valence-corrected chi connectivity index (χ4v) is 3.24. The minimum Gasteiger partial charge on any atom is -0.378 e. The summed E-state index contributed by atoms with van der Waals surface area (Å²) in [7, 11) is 0. The molecule has 0 unspecified atom stereocenters. The van der Waals surface area contributed by atoms with E-state index >= 15 is 0 Å². The predicted molar refractivity (Wildman–Crippen MR) is 97.7 cm³/mol. The molecular weight excluding hydrogens is 330 g/mol. The maximum absolute atomic E-state index is 5.42. The molecule has 4 heterocycles. The van der Waals surface area contributed by atoms with Crippen LogP contribution < -0.4 is 4.90 Å². The third-order valence-corrected chi connectivity index (χ3v) is 4.62. The number of H-pyrrole nitrogens is 2. The van der Waals surface area contributed by atoms with E-state index in [1.54, 1.807) is 6.33 Å². The Morgan fingerprint density at radius 3 is 2.81 bits per heavy atom. The van der Waals surface area contributed by atoms with Gasteiger partial charge in [-0.05, 0) is 17.7 Å². The lowest BCUT2D eigenvalue weighted by Gasteiger charge is -2.27. The highest BCUT2D eigenvalue weighted by atomic mass is 16.5. The molecule has 3 aromatic heterocycles. The lowest BCUT2D eigenvalue weighted by Crippen LogP contribution is -2.36. The Bertz CT molecular complexity index is 1030. The normalized spacial score (nSPS) is 14.8. The number of morpholine rings is 1. The van der Waals surface area contributed by atoms with Gasteiger partial charge in [0, 0.05) is 36.3 Å². The van der Waals surface area contributed by atoms with Gasteiger partial charge in [0.15, 0.2) is 0 Å². The van der Waals surface area contributed by atoms with Crippen molar-refractivity contribution in [1.82, 2.24) is 30.4 Å². The molecule has 1 fully saturated rings. The van der Waals surface area contributed by atoms with E-state index in [-0.39, 0.29) is 0 Å². The number of aromatic amines is 2. The highest BCUT2D eigenvalue weighted by molar-refractivity contribution is 5.95. The van der Waals surface area contributed by atoms with Gasteiger partial charge >= 0.3 is 0 Å². The first-order valence-electron chi connectivity index (χ1n) is 8.51. The van der Waals surface area contributed by atoms with Crippen LogP contribution in [0.25, 0.3) is 33.4 Å². The Hall–Kier alpha value is -3.26. The van der Waals surface area contributed by atoms with Crippen molar-refractivity contribution in [1.29, 1.82) is 0 Å². The first-order valence-corrected chi connectivity index (χ1v) is 8.51. The molecule has 0 saturated carbocycles. The number of ether oxygens (including phenoxy) is 1. The molecule has 8 nitrogen and oxygen atoms in total. The zero-order valence-electron chi connectivity index (χ0n) is 14.0. The number of nitrogens with one attached hydrogen (secondary N) is 2. The van der Waals surface area contributed by atoms with Crippen molar-refractivity contribution in [2.24, 2.45) is 0 Å². The van der Waals surface area contributed by atoms with Gasteiger partial charge in [-0.15, -0.1) is 0 Å². The summed E-state index contributed by atoms with van der Waals surface area (Å²) >= 11 is 0. The van der Waals surface area contributed by atoms with Gasteiger partial charge in [-0.2, -0.15) is 10.2 Å². The van der Waals surface area contributed by atoms with Crippen LogP contribution in [0.2, 0.25) is 0 Å². The maximum atomic E-state index is 5.42. The standard InChI is InChI=1S/C18H17N7O/c1-2-15-14(7-12(1)13-9-21-22-10-13)18(24-23-15)16-8-17(20-11-19-16)25-3-5-26-6-4-25/h1-2,7-11H,3-6H2,(H,21,22)(H,23,24). The van der Waals surface area contributed by atoms with Gasteiger partial charge in [-0.3, -0.25) is 10.2 Å². The zero-order chi connectivity index (χ0) is 17.3. The smallest absolute Gasteiger partial charge is 0.132 e. The third kappa shape index (κ3) is 2.60. The molecule has 1 aromatic carbocycles. The van der Waals surface area contributed by atoms with Crippen LogP contribution in [0.3, 0.4) is 0 Å². The van der Waals surface area contributed by atoms with E-state index in [4.69, 9.17) is 4.74 Å². The van der Waals surface area contributed by atoms with Crippen molar-refractivity contribution in [2.45, 2.75) is 0 Å². The highest BCUT2D eigenvalue weighted by Crippen LogP contribution is 2.30. The van der Waals surface area contributed by atoms with Gasteiger partial charge in [0.05, 0.1) is 30.6 Å².